The molecule has 0 bridgehead atoms. The summed E-state index contributed by atoms with van der Waals surface area (Å²) in [7, 11) is 1.77. The van der Waals surface area contributed by atoms with Crippen molar-refractivity contribution in [3.8, 4) is 11.5 Å². The summed E-state index contributed by atoms with van der Waals surface area (Å²) in [5.74, 6) is 1.08. The van der Waals surface area contributed by atoms with Gasteiger partial charge in [-0.25, -0.2) is 4.79 Å². The molecular formula is C20H25N3O3. The van der Waals surface area contributed by atoms with Crippen LogP contribution in [0.3, 0.4) is 0 Å². The summed E-state index contributed by atoms with van der Waals surface area (Å²) in [6.07, 6.45) is -0.0747. The molecule has 6 nitrogen and oxygen atoms in total. The van der Waals surface area contributed by atoms with Crippen molar-refractivity contribution in [3.63, 3.8) is 0 Å². The van der Waals surface area contributed by atoms with Gasteiger partial charge in [0.15, 0.2) is 0 Å². The van der Waals surface area contributed by atoms with Crippen molar-refractivity contribution in [2.24, 2.45) is 0 Å². The van der Waals surface area contributed by atoms with E-state index in [9.17, 15) is 9.90 Å². The molecule has 26 heavy (non-hydrogen) atoms. The molecule has 2 aromatic carbocycles. The largest absolute Gasteiger partial charge is 0.508 e. The van der Waals surface area contributed by atoms with Crippen LogP contribution in [0.15, 0.2) is 48.5 Å². The lowest BCUT2D eigenvalue weighted by atomic mass is 10.2. The first-order valence-electron chi connectivity index (χ1n) is 8.84. The highest BCUT2D eigenvalue weighted by atomic mass is 16.5. The fourth-order valence-corrected chi connectivity index (χ4v) is 3.09. The summed E-state index contributed by atoms with van der Waals surface area (Å²) in [5.41, 5.74) is 2.04. The molecule has 0 fully saturated rings. The second-order valence-electron chi connectivity index (χ2n) is 6.45. The number of rotatable bonds is 5. The van der Waals surface area contributed by atoms with Gasteiger partial charge in [-0.3, -0.25) is 0 Å². The maximum Gasteiger partial charge on any atom is 0.317 e. The van der Waals surface area contributed by atoms with Crippen LogP contribution in [0, 0.1) is 0 Å². The van der Waals surface area contributed by atoms with Crippen molar-refractivity contribution in [2.45, 2.75) is 19.6 Å². The number of ether oxygens (including phenoxy) is 1. The summed E-state index contributed by atoms with van der Waals surface area (Å²) >= 11 is 0. The zero-order valence-corrected chi connectivity index (χ0v) is 15.2. The third-order valence-corrected chi connectivity index (χ3v) is 4.51. The molecule has 3 rings (SSSR count). The molecule has 0 unspecified atom stereocenters. The Bertz CT molecular complexity index is 748. The molecular weight excluding hydrogens is 330 g/mol. The number of fused-ring (bicyclic) bond motifs is 1. The Morgan fingerprint density at radius 2 is 2.00 bits per heavy atom. The van der Waals surface area contributed by atoms with Gasteiger partial charge >= 0.3 is 6.03 Å². The van der Waals surface area contributed by atoms with Crippen LogP contribution >= 0.6 is 0 Å². The van der Waals surface area contributed by atoms with Crippen molar-refractivity contribution in [2.75, 3.05) is 31.6 Å². The van der Waals surface area contributed by atoms with Gasteiger partial charge in [0.05, 0.1) is 18.8 Å². The third kappa shape index (κ3) is 4.20. The molecule has 138 valence electrons. The first-order chi connectivity index (χ1) is 12.6. The number of likely N-dealkylation sites (N-methyl/N-ethyl adjacent to an activating group) is 2. The summed E-state index contributed by atoms with van der Waals surface area (Å²) < 4.78 is 6.07. The van der Waals surface area contributed by atoms with Crippen molar-refractivity contribution >= 4 is 11.7 Å². The van der Waals surface area contributed by atoms with Crippen LogP contribution in [0.4, 0.5) is 10.5 Å². The minimum atomic E-state index is -0.149. The van der Waals surface area contributed by atoms with E-state index in [0.717, 1.165) is 30.1 Å². The lowest BCUT2D eigenvalue weighted by Crippen LogP contribution is -2.48. The molecule has 2 aromatic rings. The molecule has 0 saturated heterocycles. The van der Waals surface area contributed by atoms with Crippen molar-refractivity contribution in [3.05, 3.63) is 54.1 Å². The number of carbonyl (C=O) groups excluding carboxylic acids is 1. The van der Waals surface area contributed by atoms with E-state index < -0.39 is 0 Å². The van der Waals surface area contributed by atoms with Crippen LogP contribution in [0.5, 0.6) is 11.5 Å². The third-order valence-electron chi connectivity index (χ3n) is 4.51. The Hall–Kier alpha value is -2.89. The maximum atomic E-state index is 12.3. The predicted molar refractivity (Wildman–Crippen MR) is 102 cm³/mol. The van der Waals surface area contributed by atoms with Gasteiger partial charge in [-0.05, 0) is 36.8 Å². The Balaban J connectivity index is 1.55. The number of anilines is 1. The number of benzene rings is 2. The molecule has 0 aliphatic carbocycles. The van der Waals surface area contributed by atoms with Gasteiger partial charge in [0.1, 0.15) is 17.6 Å². The Labute approximate surface area is 154 Å². The smallest absolute Gasteiger partial charge is 0.317 e. The molecule has 0 saturated carbocycles. The average molecular weight is 355 g/mol. The van der Waals surface area contributed by atoms with Gasteiger partial charge in [0.25, 0.3) is 0 Å². The molecule has 0 aromatic heterocycles. The summed E-state index contributed by atoms with van der Waals surface area (Å²) in [4.78, 5) is 16.3. The van der Waals surface area contributed by atoms with Gasteiger partial charge in [0, 0.05) is 20.1 Å². The van der Waals surface area contributed by atoms with Crippen LogP contribution in [0.25, 0.3) is 0 Å². The minimum absolute atomic E-state index is 0.0747. The Morgan fingerprint density at radius 1 is 1.27 bits per heavy atom. The van der Waals surface area contributed by atoms with E-state index in [1.54, 1.807) is 36.2 Å². The summed E-state index contributed by atoms with van der Waals surface area (Å²) in [6.45, 7) is 4.69. The first kappa shape index (κ1) is 17.9. The van der Waals surface area contributed by atoms with Gasteiger partial charge in [-0.15, -0.1) is 0 Å². The van der Waals surface area contributed by atoms with Crippen molar-refractivity contribution in [1.82, 2.24) is 10.2 Å². The van der Waals surface area contributed by atoms with Gasteiger partial charge in [-0.2, -0.15) is 0 Å². The highest BCUT2D eigenvalue weighted by Crippen LogP contribution is 2.32. The van der Waals surface area contributed by atoms with E-state index >= 15 is 0 Å². The van der Waals surface area contributed by atoms with Gasteiger partial charge in [0.2, 0.25) is 0 Å². The van der Waals surface area contributed by atoms with Crippen molar-refractivity contribution in [1.29, 1.82) is 0 Å². The number of para-hydroxylation sites is 2. The van der Waals surface area contributed by atoms with E-state index in [1.165, 1.54) is 0 Å². The number of hydrogen-bond donors (Lipinski definition) is 2. The van der Waals surface area contributed by atoms with Crippen LogP contribution in [-0.2, 0) is 6.54 Å². The summed E-state index contributed by atoms with van der Waals surface area (Å²) in [5, 5.41) is 12.2. The lowest BCUT2D eigenvalue weighted by molar-refractivity contribution is 0.145. The topological polar surface area (TPSA) is 65.0 Å². The molecule has 2 N–H and O–H groups in total. The Kier molecular flexibility index (Phi) is 5.51. The molecule has 1 atom stereocenters. The van der Waals surface area contributed by atoms with Crippen LogP contribution in [-0.4, -0.2) is 48.8 Å². The second kappa shape index (κ2) is 7.99. The quantitative estimate of drug-likeness (QED) is 0.866. The van der Waals surface area contributed by atoms with E-state index in [2.05, 4.69) is 23.2 Å². The maximum absolute atomic E-state index is 12.3. The second-order valence-corrected chi connectivity index (χ2v) is 6.45. The number of carbonyl (C=O) groups is 1. The predicted octanol–water partition coefficient (Wildman–Crippen LogP) is 2.82. The number of hydrogen-bond acceptors (Lipinski definition) is 4. The molecule has 0 spiro atoms. The zero-order valence-electron chi connectivity index (χ0n) is 15.2. The number of phenols is 1. The minimum Gasteiger partial charge on any atom is -0.508 e. The van der Waals surface area contributed by atoms with Crippen LogP contribution < -0.4 is 15.0 Å². The number of nitrogens with zero attached hydrogens (tertiary/aromatic N) is 2. The lowest BCUT2D eigenvalue weighted by Gasteiger charge is -2.37. The molecule has 1 aliphatic heterocycles. The number of phenolic OH excluding ortho intramolecular Hbond substituents is 1. The number of urea groups is 1. The van der Waals surface area contributed by atoms with Gasteiger partial charge in [-0.1, -0.05) is 24.3 Å². The van der Waals surface area contributed by atoms with Gasteiger partial charge < -0.3 is 25.0 Å². The SMILES string of the molecule is CCN1C[C@H](CN(C)C(=O)NCc2ccc(O)cc2)Oc2ccccc21. The highest BCUT2D eigenvalue weighted by Gasteiger charge is 2.26. The fraction of sp³-hybridized carbons (Fsp3) is 0.350. The molecule has 6 heteroatoms. The number of amides is 2. The standard InChI is InChI=1S/C20H25N3O3/c1-3-23-14-17(26-19-7-5-4-6-18(19)23)13-22(2)20(25)21-12-15-8-10-16(24)11-9-15/h4-11,17,24H,3,12-14H2,1-2H3,(H,21,25)/t17-/m0/s1. The van der Waals surface area contributed by atoms with E-state index in [4.69, 9.17) is 4.74 Å². The van der Waals surface area contributed by atoms with Crippen LogP contribution in [0.1, 0.15) is 12.5 Å². The average Bonchev–Trinajstić information content (AvgIpc) is 2.66. The van der Waals surface area contributed by atoms with Crippen LogP contribution in [0.2, 0.25) is 0 Å². The highest BCUT2D eigenvalue weighted by molar-refractivity contribution is 5.74. The van der Waals surface area contributed by atoms with E-state index in [-0.39, 0.29) is 17.9 Å². The number of nitrogens with one attached hydrogen (secondary N) is 1. The zero-order chi connectivity index (χ0) is 18.5. The fourth-order valence-electron chi connectivity index (χ4n) is 3.09. The number of aromatic hydroxyl groups is 1. The van der Waals surface area contributed by atoms with E-state index in [1.807, 2.05) is 18.2 Å². The molecule has 2 amide bonds. The van der Waals surface area contributed by atoms with E-state index in [0.29, 0.717) is 13.1 Å². The monoisotopic (exact) mass is 355 g/mol. The molecule has 1 aliphatic rings. The normalized spacial score (nSPS) is 15.8. The Morgan fingerprint density at radius 3 is 2.73 bits per heavy atom. The molecule has 0 radical (unpaired) electrons. The summed E-state index contributed by atoms with van der Waals surface area (Å²) in [6, 6.07) is 14.6. The first-order valence-corrected chi connectivity index (χ1v) is 8.84. The molecule has 1 heterocycles. The van der Waals surface area contributed by atoms with Crippen molar-refractivity contribution < 1.29 is 14.6 Å².